The fourth-order valence-corrected chi connectivity index (χ4v) is 3.75. The van der Waals surface area contributed by atoms with Crippen molar-refractivity contribution in [2.24, 2.45) is 0 Å². The van der Waals surface area contributed by atoms with E-state index in [1.165, 1.54) is 17.8 Å². The number of carbonyl (C=O) groups is 1. The van der Waals surface area contributed by atoms with Gasteiger partial charge in [0, 0.05) is 23.0 Å². The van der Waals surface area contributed by atoms with Crippen LogP contribution < -0.4 is 4.90 Å². The maximum atomic E-state index is 13.9. The van der Waals surface area contributed by atoms with Crippen LogP contribution in [-0.2, 0) is 4.79 Å². The summed E-state index contributed by atoms with van der Waals surface area (Å²) in [4.78, 5) is 14.5. The van der Waals surface area contributed by atoms with Crippen molar-refractivity contribution in [3.05, 3.63) is 65.0 Å². The Balaban J connectivity index is 2.12. The molecule has 0 fully saturated rings. The number of nitrogens with zero attached hydrogens (tertiary/aromatic N) is 2. The standard InChI is InChI=1S/C21H23FN2OS/c1-15-11-16(2)13-18(12-15)24(10-6-9-23)21(25)14-26-17(3)19-7-4-5-8-20(19)22/h4-5,7-8,11-13,17H,6,10,14H2,1-3H3. The molecule has 0 aliphatic rings. The van der Waals surface area contributed by atoms with Crippen molar-refractivity contribution in [3.63, 3.8) is 0 Å². The molecule has 2 rings (SSSR count). The van der Waals surface area contributed by atoms with Crippen molar-refractivity contribution in [1.82, 2.24) is 0 Å². The molecule has 1 amide bonds. The summed E-state index contributed by atoms with van der Waals surface area (Å²) in [5.41, 5.74) is 3.55. The molecule has 0 bridgehead atoms. The molecule has 0 spiro atoms. The summed E-state index contributed by atoms with van der Waals surface area (Å²) in [6, 6.07) is 14.7. The Morgan fingerprint density at radius 1 is 1.23 bits per heavy atom. The van der Waals surface area contributed by atoms with E-state index >= 15 is 0 Å². The Labute approximate surface area is 158 Å². The Morgan fingerprint density at radius 3 is 2.50 bits per heavy atom. The molecule has 0 radical (unpaired) electrons. The summed E-state index contributed by atoms with van der Waals surface area (Å²) in [6.45, 7) is 6.22. The monoisotopic (exact) mass is 370 g/mol. The molecule has 0 heterocycles. The predicted octanol–water partition coefficient (Wildman–Crippen LogP) is 5.18. The van der Waals surface area contributed by atoms with Crippen molar-refractivity contribution in [2.75, 3.05) is 17.2 Å². The number of aryl methyl sites for hydroxylation is 2. The number of anilines is 1. The Hall–Kier alpha value is -2.32. The van der Waals surface area contributed by atoms with Crippen LogP contribution >= 0.6 is 11.8 Å². The van der Waals surface area contributed by atoms with Crippen LogP contribution in [0, 0.1) is 31.0 Å². The van der Waals surface area contributed by atoms with Crippen molar-refractivity contribution in [2.45, 2.75) is 32.4 Å². The molecule has 1 unspecified atom stereocenters. The van der Waals surface area contributed by atoms with Gasteiger partial charge in [0.1, 0.15) is 5.82 Å². The Morgan fingerprint density at radius 2 is 1.88 bits per heavy atom. The maximum Gasteiger partial charge on any atom is 0.237 e. The van der Waals surface area contributed by atoms with Crippen LogP contribution in [0.4, 0.5) is 10.1 Å². The van der Waals surface area contributed by atoms with E-state index in [2.05, 4.69) is 6.07 Å². The molecule has 0 aromatic heterocycles. The SMILES string of the molecule is Cc1cc(C)cc(N(CCC#N)C(=O)CSC(C)c2ccccc2F)c1. The predicted molar refractivity (Wildman–Crippen MR) is 106 cm³/mol. The fraction of sp³-hybridized carbons (Fsp3) is 0.333. The summed E-state index contributed by atoms with van der Waals surface area (Å²) >= 11 is 1.40. The van der Waals surface area contributed by atoms with E-state index in [0.717, 1.165) is 16.8 Å². The van der Waals surface area contributed by atoms with Gasteiger partial charge in [0.05, 0.1) is 18.2 Å². The highest BCUT2D eigenvalue weighted by Gasteiger charge is 2.19. The van der Waals surface area contributed by atoms with E-state index in [1.807, 2.05) is 39.0 Å². The van der Waals surface area contributed by atoms with Crippen molar-refractivity contribution in [3.8, 4) is 6.07 Å². The van der Waals surface area contributed by atoms with Gasteiger partial charge < -0.3 is 4.90 Å². The number of hydrogen-bond acceptors (Lipinski definition) is 3. The van der Waals surface area contributed by atoms with E-state index in [0.29, 0.717) is 12.1 Å². The molecule has 0 saturated carbocycles. The zero-order valence-electron chi connectivity index (χ0n) is 15.3. The molecule has 0 aliphatic heterocycles. The molecule has 0 aliphatic carbocycles. The van der Waals surface area contributed by atoms with Crippen molar-refractivity contribution in [1.29, 1.82) is 5.26 Å². The maximum absolute atomic E-state index is 13.9. The normalized spacial score (nSPS) is 11.7. The van der Waals surface area contributed by atoms with Gasteiger partial charge in [-0.2, -0.15) is 5.26 Å². The van der Waals surface area contributed by atoms with Crippen LogP contribution in [-0.4, -0.2) is 18.2 Å². The number of benzene rings is 2. The number of amides is 1. The highest BCUT2D eigenvalue weighted by atomic mass is 32.2. The van der Waals surface area contributed by atoms with Crippen LogP contribution in [0.2, 0.25) is 0 Å². The highest BCUT2D eigenvalue weighted by molar-refractivity contribution is 8.00. The Bertz CT molecular complexity index is 796. The van der Waals surface area contributed by atoms with E-state index in [-0.39, 0.29) is 29.1 Å². The molecule has 26 heavy (non-hydrogen) atoms. The van der Waals surface area contributed by atoms with Gasteiger partial charge in [-0.1, -0.05) is 24.3 Å². The third kappa shape index (κ3) is 5.34. The van der Waals surface area contributed by atoms with Crippen molar-refractivity contribution >= 4 is 23.4 Å². The molecule has 2 aromatic rings. The largest absolute Gasteiger partial charge is 0.311 e. The van der Waals surface area contributed by atoms with Crippen molar-refractivity contribution < 1.29 is 9.18 Å². The van der Waals surface area contributed by atoms with Gasteiger partial charge in [-0.05, 0) is 50.1 Å². The number of rotatable bonds is 7. The highest BCUT2D eigenvalue weighted by Crippen LogP contribution is 2.30. The van der Waals surface area contributed by atoms with Gasteiger partial charge in [-0.15, -0.1) is 11.8 Å². The lowest BCUT2D eigenvalue weighted by molar-refractivity contribution is -0.116. The quantitative estimate of drug-likeness (QED) is 0.674. The number of halogens is 1. The molecule has 5 heteroatoms. The molecule has 2 aromatic carbocycles. The Kier molecular flexibility index (Phi) is 7.23. The number of hydrogen-bond donors (Lipinski definition) is 0. The topological polar surface area (TPSA) is 44.1 Å². The molecule has 136 valence electrons. The molecular weight excluding hydrogens is 347 g/mol. The van der Waals surface area contributed by atoms with Crippen LogP contribution in [0.1, 0.15) is 35.3 Å². The van der Waals surface area contributed by atoms with Crippen LogP contribution in [0.15, 0.2) is 42.5 Å². The van der Waals surface area contributed by atoms with Gasteiger partial charge in [0.15, 0.2) is 0 Å². The zero-order chi connectivity index (χ0) is 19.1. The minimum Gasteiger partial charge on any atom is -0.311 e. The first-order chi connectivity index (χ1) is 12.4. The molecule has 0 saturated heterocycles. The van der Waals surface area contributed by atoms with Crippen LogP contribution in [0.5, 0.6) is 0 Å². The van der Waals surface area contributed by atoms with E-state index < -0.39 is 0 Å². The average molecular weight is 370 g/mol. The third-order valence-electron chi connectivity index (χ3n) is 4.07. The summed E-state index contributed by atoms with van der Waals surface area (Å²) in [5.74, 6) is -0.0949. The van der Waals surface area contributed by atoms with Gasteiger partial charge >= 0.3 is 0 Å². The summed E-state index contributed by atoms with van der Waals surface area (Å²) in [5, 5.41) is 8.79. The second kappa shape index (κ2) is 9.40. The van der Waals surface area contributed by atoms with Crippen LogP contribution in [0.3, 0.4) is 0 Å². The van der Waals surface area contributed by atoms with Gasteiger partial charge in [-0.25, -0.2) is 4.39 Å². The lowest BCUT2D eigenvalue weighted by Gasteiger charge is -2.23. The second-order valence-corrected chi connectivity index (χ2v) is 7.60. The third-order valence-corrected chi connectivity index (χ3v) is 5.23. The van der Waals surface area contributed by atoms with Crippen LogP contribution in [0.25, 0.3) is 0 Å². The average Bonchev–Trinajstić information content (AvgIpc) is 2.59. The summed E-state index contributed by atoms with van der Waals surface area (Å²) < 4.78 is 13.9. The van der Waals surface area contributed by atoms with E-state index in [9.17, 15) is 9.18 Å². The smallest absolute Gasteiger partial charge is 0.237 e. The molecular formula is C21H23FN2OS. The fourth-order valence-electron chi connectivity index (χ4n) is 2.83. The first-order valence-electron chi connectivity index (χ1n) is 8.54. The minimum absolute atomic E-state index is 0.0709. The van der Waals surface area contributed by atoms with Gasteiger partial charge in [-0.3, -0.25) is 4.79 Å². The second-order valence-electron chi connectivity index (χ2n) is 6.27. The van der Waals surface area contributed by atoms with Gasteiger partial charge in [0.2, 0.25) is 5.91 Å². The molecule has 1 atom stereocenters. The lowest BCUT2D eigenvalue weighted by Crippen LogP contribution is -2.33. The number of carbonyl (C=O) groups excluding carboxylic acids is 1. The van der Waals surface area contributed by atoms with E-state index in [4.69, 9.17) is 5.26 Å². The number of thioether (sulfide) groups is 1. The van der Waals surface area contributed by atoms with E-state index in [1.54, 1.807) is 23.1 Å². The molecule has 0 N–H and O–H groups in total. The molecule has 3 nitrogen and oxygen atoms in total. The summed E-state index contributed by atoms with van der Waals surface area (Å²) in [6.07, 6.45) is 0.270. The zero-order valence-corrected chi connectivity index (χ0v) is 16.1. The summed E-state index contributed by atoms with van der Waals surface area (Å²) in [7, 11) is 0. The first-order valence-corrected chi connectivity index (χ1v) is 9.59. The lowest BCUT2D eigenvalue weighted by atomic mass is 10.1. The number of nitriles is 1. The first kappa shape index (κ1) is 20.0. The minimum atomic E-state index is -0.254. The van der Waals surface area contributed by atoms with Gasteiger partial charge in [0.25, 0.3) is 0 Å².